The van der Waals surface area contributed by atoms with Gasteiger partial charge in [-0.05, 0) is 67.6 Å². The Morgan fingerprint density at radius 3 is 2.25 bits per heavy atom. The highest BCUT2D eigenvalue weighted by Gasteiger charge is 2.04. The zero-order chi connectivity index (χ0) is 14.5. The van der Waals surface area contributed by atoms with Crippen LogP contribution in [0.1, 0.15) is 30.5 Å². The van der Waals surface area contributed by atoms with E-state index in [1.807, 2.05) is 25.1 Å². The molecular weight excluding hydrogens is 246 g/mol. The first kappa shape index (κ1) is 14.6. The van der Waals surface area contributed by atoms with Crippen LogP contribution >= 0.6 is 0 Å². The maximum Gasteiger partial charge on any atom is 0.127 e. The van der Waals surface area contributed by atoms with Crippen LogP contribution in [0.5, 0.6) is 11.5 Å². The van der Waals surface area contributed by atoms with Crippen LogP contribution in [0.15, 0.2) is 42.5 Å². The molecule has 2 heteroatoms. The number of benzene rings is 2. The highest BCUT2D eigenvalue weighted by Crippen LogP contribution is 2.24. The monoisotopic (exact) mass is 269 g/mol. The van der Waals surface area contributed by atoms with E-state index in [1.54, 1.807) is 0 Å². The molecule has 2 rings (SSSR count). The average molecular weight is 269 g/mol. The topological polar surface area (TPSA) is 35.2 Å². The Morgan fingerprint density at radius 1 is 1.05 bits per heavy atom. The number of ether oxygens (including phenoxy) is 1. The Hall–Kier alpha value is -1.80. The minimum absolute atomic E-state index is 0.182. The zero-order valence-electron chi connectivity index (χ0n) is 12.5. The summed E-state index contributed by atoms with van der Waals surface area (Å²) in [7, 11) is 0. The third-order valence-electron chi connectivity index (χ3n) is 3.42. The first-order valence-electron chi connectivity index (χ1n) is 7.20. The van der Waals surface area contributed by atoms with Gasteiger partial charge in [0.2, 0.25) is 0 Å². The maximum absolute atomic E-state index is 5.89. The van der Waals surface area contributed by atoms with Crippen molar-refractivity contribution in [2.75, 3.05) is 0 Å². The second-order valence-electron chi connectivity index (χ2n) is 5.37. The molecule has 2 nitrogen and oxygen atoms in total. The van der Waals surface area contributed by atoms with Crippen LogP contribution in [-0.2, 0) is 12.8 Å². The Balaban J connectivity index is 2.11. The molecule has 0 aliphatic heterocycles. The Bertz CT molecular complexity index is 558. The molecule has 20 heavy (non-hydrogen) atoms. The molecule has 0 aromatic heterocycles. The number of nitrogens with two attached hydrogens (primary N) is 1. The number of hydrogen-bond donors (Lipinski definition) is 1. The predicted molar refractivity (Wildman–Crippen MR) is 84.4 cm³/mol. The Kier molecular flexibility index (Phi) is 4.80. The predicted octanol–water partition coefficient (Wildman–Crippen LogP) is 4.24. The lowest BCUT2D eigenvalue weighted by atomic mass is 10.0. The van der Waals surface area contributed by atoms with Gasteiger partial charge in [-0.25, -0.2) is 0 Å². The molecule has 106 valence electrons. The van der Waals surface area contributed by atoms with Crippen molar-refractivity contribution in [1.29, 1.82) is 0 Å². The SMILES string of the molecule is CCc1ccc(Oc2ccc(CC(C)N)c(C)c2)cc1. The first-order chi connectivity index (χ1) is 9.58. The summed E-state index contributed by atoms with van der Waals surface area (Å²) < 4.78 is 5.89. The van der Waals surface area contributed by atoms with Gasteiger partial charge in [0.15, 0.2) is 0 Å². The number of aryl methyl sites for hydroxylation is 2. The van der Waals surface area contributed by atoms with E-state index < -0.39 is 0 Å². The molecule has 0 bridgehead atoms. The molecular formula is C18H23NO. The third-order valence-corrected chi connectivity index (χ3v) is 3.42. The normalized spacial score (nSPS) is 12.2. The van der Waals surface area contributed by atoms with Crippen LogP contribution in [0.25, 0.3) is 0 Å². The second kappa shape index (κ2) is 6.58. The fourth-order valence-electron chi connectivity index (χ4n) is 2.24. The van der Waals surface area contributed by atoms with Crippen LogP contribution < -0.4 is 10.5 Å². The van der Waals surface area contributed by atoms with Gasteiger partial charge in [-0.1, -0.05) is 25.1 Å². The molecule has 1 atom stereocenters. The summed E-state index contributed by atoms with van der Waals surface area (Å²) in [5.41, 5.74) is 9.68. The molecule has 0 fully saturated rings. The van der Waals surface area contributed by atoms with E-state index in [-0.39, 0.29) is 6.04 Å². The van der Waals surface area contributed by atoms with Gasteiger partial charge in [-0.15, -0.1) is 0 Å². The molecule has 0 saturated heterocycles. The van der Waals surface area contributed by atoms with Crippen molar-refractivity contribution in [2.24, 2.45) is 5.73 Å². The van der Waals surface area contributed by atoms with Crippen molar-refractivity contribution in [3.05, 3.63) is 59.2 Å². The van der Waals surface area contributed by atoms with Crippen molar-refractivity contribution in [1.82, 2.24) is 0 Å². The van der Waals surface area contributed by atoms with Crippen molar-refractivity contribution in [3.8, 4) is 11.5 Å². The molecule has 0 radical (unpaired) electrons. The molecule has 0 amide bonds. The molecule has 0 saturated carbocycles. The molecule has 2 N–H and O–H groups in total. The fourth-order valence-corrected chi connectivity index (χ4v) is 2.24. The van der Waals surface area contributed by atoms with E-state index in [1.165, 1.54) is 16.7 Å². The van der Waals surface area contributed by atoms with E-state index in [4.69, 9.17) is 10.5 Å². The molecule has 2 aromatic carbocycles. The largest absolute Gasteiger partial charge is 0.457 e. The van der Waals surface area contributed by atoms with Crippen LogP contribution in [-0.4, -0.2) is 6.04 Å². The summed E-state index contributed by atoms with van der Waals surface area (Å²) in [6.07, 6.45) is 1.95. The van der Waals surface area contributed by atoms with E-state index in [2.05, 4.69) is 38.1 Å². The van der Waals surface area contributed by atoms with Gasteiger partial charge in [0.05, 0.1) is 0 Å². The lowest BCUT2D eigenvalue weighted by Crippen LogP contribution is -2.18. The summed E-state index contributed by atoms with van der Waals surface area (Å²) >= 11 is 0. The van der Waals surface area contributed by atoms with Crippen LogP contribution in [0.2, 0.25) is 0 Å². The second-order valence-corrected chi connectivity index (χ2v) is 5.37. The van der Waals surface area contributed by atoms with Crippen molar-refractivity contribution in [3.63, 3.8) is 0 Å². The lowest BCUT2D eigenvalue weighted by Gasteiger charge is -2.12. The molecule has 0 heterocycles. The van der Waals surface area contributed by atoms with Gasteiger partial charge in [0.1, 0.15) is 11.5 Å². The highest BCUT2D eigenvalue weighted by atomic mass is 16.5. The molecule has 2 aromatic rings. The Labute approximate surface area is 121 Å². The summed E-state index contributed by atoms with van der Waals surface area (Å²) in [5, 5.41) is 0. The molecule has 0 spiro atoms. The summed E-state index contributed by atoms with van der Waals surface area (Å²) in [6, 6.07) is 14.6. The first-order valence-corrected chi connectivity index (χ1v) is 7.20. The van der Waals surface area contributed by atoms with Gasteiger partial charge in [0, 0.05) is 6.04 Å². The van der Waals surface area contributed by atoms with Gasteiger partial charge >= 0.3 is 0 Å². The van der Waals surface area contributed by atoms with Crippen LogP contribution in [0, 0.1) is 6.92 Å². The smallest absolute Gasteiger partial charge is 0.127 e. The van der Waals surface area contributed by atoms with Gasteiger partial charge in [-0.2, -0.15) is 0 Å². The van der Waals surface area contributed by atoms with E-state index in [0.29, 0.717) is 0 Å². The van der Waals surface area contributed by atoms with Crippen molar-refractivity contribution < 1.29 is 4.74 Å². The standard InChI is InChI=1S/C18H23NO/c1-4-15-5-8-17(9-6-15)20-18-10-7-16(12-14(3)19)13(2)11-18/h5-11,14H,4,12,19H2,1-3H3. The lowest BCUT2D eigenvalue weighted by molar-refractivity contribution is 0.481. The number of rotatable bonds is 5. The van der Waals surface area contributed by atoms with E-state index in [9.17, 15) is 0 Å². The minimum Gasteiger partial charge on any atom is -0.457 e. The number of hydrogen-bond acceptors (Lipinski definition) is 2. The summed E-state index contributed by atoms with van der Waals surface area (Å²) in [5.74, 6) is 1.75. The third kappa shape index (κ3) is 3.84. The molecule has 0 aliphatic carbocycles. The van der Waals surface area contributed by atoms with Gasteiger partial charge in [0.25, 0.3) is 0 Å². The van der Waals surface area contributed by atoms with Gasteiger partial charge < -0.3 is 10.5 Å². The zero-order valence-corrected chi connectivity index (χ0v) is 12.5. The highest BCUT2D eigenvalue weighted by molar-refractivity contribution is 5.38. The summed E-state index contributed by atoms with van der Waals surface area (Å²) in [4.78, 5) is 0. The summed E-state index contributed by atoms with van der Waals surface area (Å²) in [6.45, 7) is 6.28. The van der Waals surface area contributed by atoms with Gasteiger partial charge in [-0.3, -0.25) is 0 Å². The van der Waals surface area contributed by atoms with E-state index >= 15 is 0 Å². The van der Waals surface area contributed by atoms with Crippen molar-refractivity contribution >= 4 is 0 Å². The van der Waals surface area contributed by atoms with Crippen molar-refractivity contribution in [2.45, 2.75) is 39.7 Å². The van der Waals surface area contributed by atoms with Crippen LogP contribution in [0.4, 0.5) is 0 Å². The van der Waals surface area contributed by atoms with E-state index in [0.717, 1.165) is 24.3 Å². The fraction of sp³-hybridized carbons (Fsp3) is 0.333. The minimum atomic E-state index is 0.182. The van der Waals surface area contributed by atoms with Crippen LogP contribution in [0.3, 0.4) is 0 Å². The maximum atomic E-state index is 5.89. The molecule has 1 unspecified atom stereocenters. The quantitative estimate of drug-likeness (QED) is 0.881. The Morgan fingerprint density at radius 2 is 1.70 bits per heavy atom. The average Bonchev–Trinajstić information content (AvgIpc) is 2.42. The molecule has 0 aliphatic rings.